The van der Waals surface area contributed by atoms with Crippen molar-refractivity contribution < 1.29 is 33.8 Å². The summed E-state index contributed by atoms with van der Waals surface area (Å²) in [6.07, 6.45) is -4.22. The molecule has 0 spiro atoms. The van der Waals surface area contributed by atoms with Crippen molar-refractivity contribution in [3.05, 3.63) is 16.7 Å². The number of phosphoric ester groups is 1. The highest BCUT2D eigenvalue weighted by Gasteiger charge is 2.45. The Morgan fingerprint density at radius 3 is 2.39 bits per heavy atom. The molecular weight excluding hydrogens is 435 g/mol. The van der Waals surface area contributed by atoms with Gasteiger partial charge in [-0.05, 0) is 19.6 Å². The minimum atomic E-state index is -4.76. The largest absolute Gasteiger partial charge is 0.469 e. The number of H-pyrrole nitrogens is 1. The van der Waals surface area contributed by atoms with Gasteiger partial charge < -0.3 is 35.4 Å². The molecular formula is C16H29N6O8P. The Morgan fingerprint density at radius 1 is 1.26 bits per heavy atom. The van der Waals surface area contributed by atoms with Gasteiger partial charge in [0, 0.05) is 0 Å². The number of aliphatic hydroxyl groups excluding tert-OH is 2. The third kappa shape index (κ3) is 6.30. The lowest BCUT2D eigenvalue weighted by Gasteiger charge is -2.16. The number of nitrogens with zero attached hydrogens (tertiary/aromatic N) is 4. The van der Waals surface area contributed by atoms with Crippen molar-refractivity contribution in [1.82, 2.24) is 24.4 Å². The van der Waals surface area contributed by atoms with Gasteiger partial charge in [-0.25, -0.2) is 9.55 Å². The SMILES string of the molecule is CCN(CC)CC.Nc1nc2c(ncn2C2OC(COP(=O)(O)O)C(O)C2O)c(=O)[nH]1. The molecule has 14 nitrogen and oxygen atoms in total. The van der Waals surface area contributed by atoms with E-state index in [1.165, 1.54) is 30.5 Å². The summed E-state index contributed by atoms with van der Waals surface area (Å²) < 4.78 is 21.6. The van der Waals surface area contributed by atoms with E-state index >= 15 is 0 Å². The molecule has 31 heavy (non-hydrogen) atoms. The van der Waals surface area contributed by atoms with Gasteiger partial charge >= 0.3 is 7.82 Å². The van der Waals surface area contributed by atoms with Crippen LogP contribution in [-0.2, 0) is 13.8 Å². The smallest absolute Gasteiger partial charge is 0.387 e. The number of rotatable bonds is 7. The van der Waals surface area contributed by atoms with Crippen LogP contribution in [0.25, 0.3) is 11.2 Å². The average Bonchev–Trinajstić information content (AvgIpc) is 3.23. The van der Waals surface area contributed by atoms with Crippen LogP contribution in [-0.4, -0.2) is 89.0 Å². The quantitative estimate of drug-likeness (QED) is 0.266. The first-order valence-electron chi connectivity index (χ1n) is 9.68. The van der Waals surface area contributed by atoms with Gasteiger partial charge in [0.05, 0.1) is 12.9 Å². The molecule has 2 aromatic heterocycles. The first-order chi connectivity index (χ1) is 14.5. The van der Waals surface area contributed by atoms with E-state index in [-0.39, 0.29) is 17.1 Å². The lowest BCUT2D eigenvalue weighted by atomic mass is 10.1. The lowest BCUT2D eigenvalue weighted by Crippen LogP contribution is -2.33. The number of imidazole rings is 1. The van der Waals surface area contributed by atoms with Crippen molar-refractivity contribution in [2.24, 2.45) is 0 Å². The van der Waals surface area contributed by atoms with Crippen LogP contribution in [0.3, 0.4) is 0 Å². The fraction of sp³-hybridized carbons (Fsp3) is 0.688. The molecule has 7 N–H and O–H groups in total. The first-order valence-corrected chi connectivity index (χ1v) is 11.2. The number of aliphatic hydroxyl groups is 2. The summed E-state index contributed by atoms with van der Waals surface area (Å²) in [6, 6.07) is 0. The van der Waals surface area contributed by atoms with E-state index in [2.05, 4.69) is 45.1 Å². The predicted octanol–water partition coefficient (Wildman–Crippen LogP) is -1.22. The van der Waals surface area contributed by atoms with Crippen LogP contribution >= 0.6 is 7.82 Å². The normalized spacial score (nSPS) is 23.9. The molecule has 15 heteroatoms. The second-order valence-corrected chi connectivity index (χ2v) is 7.97. The monoisotopic (exact) mass is 464 g/mol. The maximum absolute atomic E-state index is 11.7. The topological polar surface area (TPSA) is 209 Å². The fourth-order valence-corrected chi connectivity index (χ4v) is 3.41. The molecule has 0 radical (unpaired) electrons. The summed E-state index contributed by atoms with van der Waals surface area (Å²) in [7, 11) is -4.76. The molecule has 0 saturated carbocycles. The third-order valence-electron chi connectivity index (χ3n) is 4.81. The zero-order valence-corrected chi connectivity index (χ0v) is 18.3. The second kappa shape index (κ2) is 10.6. The number of phosphoric acid groups is 1. The van der Waals surface area contributed by atoms with E-state index in [4.69, 9.17) is 20.3 Å². The van der Waals surface area contributed by atoms with Crippen molar-refractivity contribution in [2.75, 3.05) is 32.0 Å². The number of ether oxygens (including phenoxy) is 1. The number of nitrogens with two attached hydrogens (primary N) is 1. The number of anilines is 1. The number of nitrogens with one attached hydrogen (secondary N) is 1. The molecule has 1 fully saturated rings. The molecule has 1 saturated heterocycles. The molecule has 4 atom stereocenters. The van der Waals surface area contributed by atoms with Gasteiger partial charge in [0.1, 0.15) is 18.3 Å². The molecule has 0 aromatic carbocycles. The Labute approximate surface area is 177 Å². The van der Waals surface area contributed by atoms with E-state index < -0.39 is 44.5 Å². The van der Waals surface area contributed by atoms with Crippen molar-refractivity contribution in [2.45, 2.75) is 45.3 Å². The third-order valence-corrected chi connectivity index (χ3v) is 5.30. The van der Waals surface area contributed by atoms with Gasteiger partial charge in [-0.15, -0.1) is 0 Å². The lowest BCUT2D eigenvalue weighted by molar-refractivity contribution is -0.0503. The molecule has 4 unspecified atom stereocenters. The average molecular weight is 464 g/mol. The van der Waals surface area contributed by atoms with Gasteiger partial charge in [0.2, 0.25) is 5.95 Å². The Hall–Kier alpha value is -1.90. The minimum absolute atomic E-state index is 0.0176. The van der Waals surface area contributed by atoms with E-state index in [9.17, 15) is 19.6 Å². The molecule has 2 aromatic rings. The molecule has 176 valence electrons. The Bertz CT molecular complexity index is 952. The van der Waals surface area contributed by atoms with E-state index in [0.717, 1.165) is 0 Å². The second-order valence-electron chi connectivity index (χ2n) is 6.73. The number of nitrogen functional groups attached to an aromatic ring is 1. The Balaban J connectivity index is 0.000000423. The van der Waals surface area contributed by atoms with Gasteiger partial charge in [0.25, 0.3) is 5.56 Å². The van der Waals surface area contributed by atoms with Crippen molar-refractivity contribution >= 4 is 24.9 Å². The highest BCUT2D eigenvalue weighted by Crippen LogP contribution is 2.38. The van der Waals surface area contributed by atoms with Crippen LogP contribution < -0.4 is 11.3 Å². The fourth-order valence-electron chi connectivity index (χ4n) is 3.07. The van der Waals surface area contributed by atoms with E-state index in [1.54, 1.807) is 0 Å². The van der Waals surface area contributed by atoms with Crippen molar-refractivity contribution in [1.29, 1.82) is 0 Å². The van der Waals surface area contributed by atoms with Gasteiger partial charge in [-0.1, -0.05) is 20.8 Å². The van der Waals surface area contributed by atoms with Crippen molar-refractivity contribution in [3.8, 4) is 0 Å². The van der Waals surface area contributed by atoms with Crippen LogP contribution in [0.15, 0.2) is 11.1 Å². The van der Waals surface area contributed by atoms with Crippen LogP contribution in [0.2, 0.25) is 0 Å². The zero-order valence-electron chi connectivity index (χ0n) is 17.5. The van der Waals surface area contributed by atoms with Gasteiger partial charge in [0.15, 0.2) is 17.4 Å². The summed E-state index contributed by atoms with van der Waals surface area (Å²) >= 11 is 0. The first kappa shape index (κ1) is 25.4. The zero-order chi connectivity index (χ0) is 23.3. The summed E-state index contributed by atoms with van der Waals surface area (Å²) in [4.78, 5) is 41.5. The van der Waals surface area contributed by atoms with Gasteiger partial charge in [-0.2, -0.15) is 4.98 Å². The highest BCUT2D eigenvalue weighted by molar-refractivity contribution is 7.46. The number of aromatic amines is 1. The number of hydrogen-bond donors (Lipinski definition) is 6. The summed E-state index contributed by atoms with van der Waals surface area (Å²) in [5, 5.41) is 20.1. The van der Waals surface area contributed by atoms with E-state index in [1.807, 2.05) is 0 Å². The highest BCUT2D eigenvalue weighted by atomic mass is 31.2. The maximum Gasteiger partial charge on any atom is 0.469 e. The van der Waals surface area contributed by atoms with Crippen LogP contribution in [0.4, 0.5) is 5.95 Å². The van der Waals surface area contributed by atoms with Crippen LogP contribution in [0.1, 0.15) is 27.0 Å². The molecule has 0 bridgehead atoms. The Morgan fingerprint density at radius 2 is 1.87 bits per heavy atom. The van der Waals surface area contributed by atoms with Crippen LogP contribution in [0, 0.1) is 0 Å². The number of fused-ring (bicyclic) bond motifs is 1. The molecule has 1 aliphatic heterocycles. The summed E-state index contributed by atoms with van der Waals surface area (Å²) in [5.74, 6) is -0.177. The Kier molecular flexibility index (Phi) is 8.68. The summed E-state index contributed by atoms with van der Waals surface area (Å²) in [6.45, 7) is 9.47. The molecule has 0 amide bonds. The molecule has 3 heterocycles. The molecule has 0 aliphatic carbocycles. The standard InChI is InChI=1S/C10H14N5O8P.C6H15N/c11-10-13-7-4(8(18)14-10)12-2-15(7)9-6(17)5(16)3(23-9)1-22-24(19,20)21;1-4-7(5-2)6-3/h2-3,5-6,9,16-17H,1H2,(H2,19,20,21)(H3,11,13,14,18);4-6H2,1-3H3. The molecule has 1 aliphatic rings. The predicted molar refractivity (Wildman–Crippen MR) is 110 cm³/mol. The van der Waals surface area contributed by atoms with Crippen molar-refractivity contribution in [3.63, 3.8) is 0 Å². The van der Waals surface area contributed by atoms with E-state index in [0.29, 0.717) is 0 Å². The molecule has 3 rings (SSSR count). The van der Waals surface area contributed by atoms with Gasteiger partial charge in [-0.3, -0.25) is 18.9 Å². The summed E-state index contributed by atoms with van der Waals surface area (Å²) in [5.41, 5.74) is 4.84. The van der Waals surface area contributed by atoms with Crippen LogP contribution in [0.5, 0.6) is 0 Å². The number of hydrogen-bond acceptors (Lipinski definition) is 10. The number of aromatic nitrogens is 4. The maximum atomic E-state index is 11.7. The minimum Gasteiger partial charge on any atom is -0.387 e.